The number of ketones is 1. The minimum Gasteiger partial charge on any atom is -0.493 e. The van der Waals surface area contributed by atoms with Crippen LogP contribution in [0.15, 0.2) is 18.2 Å². The van der Waals surface area contributed by atoms with E-state index in [1.54, 1.807) is 25.3 Å². The second-order valence-corrected chi connectivity index (χ2v) is 3.76. The number of ether oxygens (including phenoxy) is 2. The highest BCUT2D eigenvalue weighted by Gasteiger charge is 2.15. The van der Waals surface area contributed by atoms with Gasteiger partial charge in [-0.15, -0.1) is 0 Å². The first-order valence-electron chi connectivity index (χ1n) is 4.47. The van der Waals surface area contributed by atoms with Gasteiger partial charge in [0.25, 0.3) is 0 Å². The summed E-state index contributed by atoms with van der Waals surface area (Å²) in [7, 11) is 3.09. The summed E-state index contributed by atoms with van der Waals surface area (Å²) in [5.74, 6) is 1.60. The van der Waals surface area contributed by atoms with E-state index in [0.717, 1.165) is 0 Å². The Balaban J connectivity index is 3.11. The quantitative estimate of drug-likeness (QED) is 0.721. The highest BCUT2D eigenvalue weighted by molar-refractivity contribution is 7.99. The Morgan fingerprint density at radius 2 is 2.07 bits per heavy atom. The van der Waals surface area contributed by atoms with Gasteiger partial charge < -0.3 is 9.47 Å². The van der Waals surface area contributed by atoms with Crippen molar-refractivity contribution in [2.75, 3.05) is 26.2 Å². The van der Waals surface area contributed by atoms with Crippen molar-refractivity contribution in [2.45, 2.75) is 0 Å². The van der Waals surface area contributed by atoms with Gasteiger partial charge in [-0.1, -0.05) is 6.07 Å². The van der Waals surface area contributed by atoms with E-state index in [1.807, 2.05) is 6.26 Å². The zero-order valence-corrected chi connectivity index (χ0v) is 9.89. The minimum atomic E-state index is 0.0539. The van der Waals surface area contributed by atoms with Gasteiger partial charge in [0.2, 0.25) is 0 Å². The Labute approximate surface area is 93.8 Å². The molecule has 0 aromatic heterocycles. The van der Waals surface area contributed by atoms with E-state index in [2.05, 4.69) is 0 Å². The molecule has 0 aliphatic carbocycles. The molecule has 1 aromatic rings. The number of benzene rings is 1. The zero-order valence-electron chi connectivity index (χ0n) is 9.07. The number of thioether (sulfide) groups is 1. The number of carbonyl (C=O) groups is 1. The van der Waals surface area contributed by atoms with Crippen molar-refractivity contribution in [1.82, 2.24) is 0 Å². The fraction of sp³-hybridized carbons (Fsp3) is 0.364. The molecule has 0 fully saturated rings. The molecule has 1 rings (SSSR count). The van der Waals surface area contributed by atoms with Crippen LogP contribution in [0.3, 0.4) is 0 Å². The molecular weight excluding hydrogens is 212 g/mol. The monoisotopic (exact) mass is 226 g/mol. The summed E-state index contributed by atoms with van der Waals surface area (Å²) in [4.78, 5) is 11.7. The van der Waals surface area contributed by atoms with Gasteiger partial charge in [-0.05, 0) is 18.4 Å². The van der Waals surface area contributed by atoms with Crippen molar-refractivity contribution >= 4 is 17.5 Å². The van der Waals surface area contributed by atoms with Crippen molar-refractivity contribution in [3.05, 3.63) is 23.8 Å². The van der Waals surface area contributed by atoms with Gasteiger partial charge in [0.1, 0.15) is 0 Å². The van der Waals surface area contributed by atoms with Crippen LogP contribution in [-0.4, -0.2) is 32.0 Å². The van der Waals surface area contributed by atoms with Gasteiger partial charge in [-0.2, -0.15) is 11.8 Å². The SMILES string of the molecule is COc1cccc(C(=O)CSC)c1OC. The first-order valence-corrected chi connectivity index (χ1v) is 5.87. The highest BCUT2D eigenvalue weighted by Crippen LogP contribution is 2.31. The molecule has 4 heteroatoms. The number of carbonyl (C=O) groups excluding carboxylic acids is 1. The molecule has 0 aliphatic rings. The van der Waals surface area contributed by atoms with Crippen molar-refractivity contribution in [1.29, 1.82) is 0 Å². The van der Waals surface area contributed by atoms with Crippen LogP contribution in [-0.2, 0) is 0 Å². The number of methoxy groups -OCH3 is 2. The summed E-state index contributed by atoms with van der Waals surface area (Å²) in [6.07, 6.45) is 1.89. The molecule has 15 heavy (non-hydrogen) atoms. The van der Waals surface area contributed by atoms with Gasteiger partial charge in [-0.25, -0.2) is 0 Å². The number of hydrogen-bond donors (Lipinski definition) is 0. The number of hydrogen-bond acceptors (Lipinski definition) is 4. The van der Waals surface area contributed by atoms with Gasteiger partial charge in [0.15, 0.2) is 17.3 Å². The summed E-state index contributed by atoms with van der Waals surface area (Å²) in [5, 5.41) is 0. The molecular formula is C11H14O3S. The van der Waals surface area contributed by atoms with Crippen LogP contribution >= 0.6 is 11.8 Å². The third-order valence-corrected chi connectivity index (χ3v) is 2.53. The summed E-state index contributed by atoms with van der Waals surface area (Å²) < 4.78 is 10.3. The Kier molecular flexibility index (Phi) is 4.49. The molecule has 0 saturated heterocycles. The van der Waals surface area contributed by atoms with E-state index in [0.29, 0.717) is 22.8 Å². The lowest BCUT2D eigenvalue weighted by molar-refractivity contribution is 0.101. The molecule has 1 aromatic carbocycles. The summed E-state index contributed by atoms with van der Waals surface area (Å²) in [6, 6.07) is 5.31. The van der Waals surface area contributed by atoms with Crippen molar-refractivity contribution < 1.29 is 14.3 Å². The third-order valence-electron chi connectivity index (χ3n) is 1.98. The van der Waals surface area contributed by atoms with Crippen molar-refractivity contribution in [3.8, 4) is 11.5 Å². The maximum Gasteiger partial charge on any atom is 0.176 e. The largest absolute Gasteiger partial charge is 0.493 e. The Morgan fingerprint density at radius 3 is 2.60 bits per heavy atom. The van der Waals surface area contributed by atoms with Gasteiger partial charge >= 0.3 is 0 Å². The number of para-hydroxylation sites is 1. The molecule has 0 atom stereocenters. The van der Waals surface area contributed by atoms with Crippen LogP contribution in [0, 0.1) is 0 Å². The van der Waals surface area contributed by atoms with Gasteiger partial charge in [0.05, 0.1) is 25.5 Å². The van der Waals surface area contributed by atoms with Crippen LogP contribution < -0.4 is 9.47 Å². The van der Waals surface area contributed by atoms with E-state index in [-0.39, 0.29) is 5.78 Å². The maximum absolute atomic E-state index is 11.7. The minimum absolute atomic E-state index is 0.0539. The predicted octanol–water partition coefficient (Wildman–Crippen LogP) is 2.25. The first kappa shape index (κ1) is 11.9. The normalized spacial score (nSPS) is 9.80. The van der Waals surface area contributed by atoms with E-state index >= 15 is 0 Å². The molecule has 0 spiro atoms. The molecule has 82 valence electrons. The van der Waals surface area contributed by atoms with Gasteiger partial charge in [0, 0.05) is 0 Å². The van der Waals surface area contributed by atoms with E-state index in [4.69, 9.17) is 9.47 Å². The maximum atomic E-state index is 11.7. The molecule has 0 unspecified atom stereocenters. The van der Waals surface area contributed by atoms with Crippen molar-refractivity contribution in [3.63, 3.8) is 0 Å². The fourth-order valence-corrected chi connectivity index (χ4v) is 1.73. The Hall–Kier alpha value is -1.16. The summed E-state index contributed by atoms with van der Waals surface area (Å²) >= 11 is 1.49. The average molecular weight is 226 g/mol. The second-order valence-electron chi connectivity index (χ2n) is 2.90. The topological polar surface area (TPSA) is 35.5 Å². The van der Waals surface area contributed by atoms with Crippen LogP contribution in [0.25, 0.3) is 0 Å². The smallest absolute Gasteiger partial charge is 0.176 e. The first-order chi connectivity index (χ1) is 7.24. The van der Waals surface area contributed by atoms with Gasteiger partial charge in [-0.3, -0.25) is 4.79 Å². The fourth-order valence-electron chi connectivity index (χ4n) is 1.32. The van der Waals surface area contributed by atoms with E-state index in [9.17, 15) is 4.79 Å². The zero-order chi connectivity index (χ0) is 11.3. The molecule has 0 heterocycles. The molecule has 0 radical (unpaired) electrons. The number of Topliss-reactive ketones (excluding diaryl/α,β-unsaturated/α-hetero) is 1. The van der Waals surface area contributed by atoms with Crippen molar-refractivity contribution in [2.24, 2.45) is 0 Å². The van der Waals surface area contributed by atoms with Crippen LogP contribution in [0.4, 0.5) is 0 Å². The third kappa shape index (κ3) is 2.65. The molecule has 0 bridgehead atoms. The Morgan fingerprint density at radius 1 is 1.33 bits per heavy atom. The Bertz CT molecular complexity index is 350. The lowest BCUT2D eigenvalue weighted by atomic mass is 10.1. The van der Waals surface area contributed by atoms with Crippen LogP contribution in [0.2, 0.25) is 0 Å². The second kappa shape index (κ2) is 5.66. The van der Waals surface area contributed by atoms with Crippen LogP contribution in [0.1, 0.15) is 10.4 Å². The molecule has 0 aliphatic heterocycles. The van der Waals surface area contributed by atoms with E-state index < -0.39 is 0 Å². The summed E-state index contributed by atoms with van der Waals surface area (Å²) in [5.41, 5.74) is 0.575. The van der Waals surface area contributed by atoms with Crippen LogP contribution in [0.5, 0.6) is 11.5 Å². The molecule has 0 N–H and O–H groups in total. The lowest BCUT2D eigenvalue weighted by Gasteiger charge is -2.11. The lowest BCUT2D eigenvalue weighted by Crippen LogP contribution is -2.05. The van der Waals surface area contributed by atoms with E-state index in [1.165, 1.54) is 18.9 Å². The summed E-state index contributed by atoms with van der Waals surface area (Å²) in [6.45, 7) is 0. The molecule has 0 amide bonds. The predicted molar refractivity (Wildman–Crippen MR) is 62.3 cm³/mol. The molecule has 3 nitrogen and oxygen atoms in total. The average Bonchev–Trinajstić information content (AvgIpc) is 2.28. The molecule has 0 saturated carbocycles. The standard InChI is InChI=1S/C11H14O3S/c1-13-10-6-4-5-8(11(10)14-2)9(12)7-15-3/h4-6H,7H2,1-3H3. The highest BCUT2D eigenvalue weighted by atomic mass is 32.2. The number of rotatable bonds is 5.